The van der Waals surface area contributed by atoms with E-state index in [9.17, 15) is 17.6 Å². The Morgan fingerprint density at radius 1 is 0.952 bits per heavy atom. The molecule has 0 heterocycles. The minimum absolute atomic E-state index is 0.0172. The molecule has 4 aromatic carbocycles. The third-order valence-electron chi connectivity index (χ3n) is 7.18. The van der Waals surface area contributed by atoms with Crippen molar-refractivity contribution in [2.45, 2.75) is 37.2 Å². The van der Waals surface area contributed by atoms with E-state index in [1.807, 2.05) is 30.3 Å². The summed E-state index contributed by atoms with van der Waals surface area (Å²) in [4.78, 5) is 13.1. The van der Waals surface area contributed by atoms with Gasteiger partial charge in [0, 0.05) is 22.6 Å². The second-order valence-corrected chi connectivity index (χ2v) is 12.2. The SMILES string of the molecule is CC1=CC=C(c2ccccc2OCc2ccc(F)cc2Cl)C(c2cccc(C(=O)NS(=O)(=O)c3ccccc3)c2)CC1. The van der Waals surface area contributed by atoms with Crippen LogP contribution in [-0.2, 0) is 16.6 Å². The van der Waals surface area contributed by atoms with Crippen LogP contribution >= 0.6 is 11.6 Å². The summed E-state index contributed by atoms with van der Waals surface area (Å²) in [7, 11) is -4.02. The van der Waals surface area contributed by atoms with Crippen molar-refractivity contribution in [3.8, 4) is 5.75 Å². The predicted molar refractivity (Wildman–Crippen MR) is 163 cm³/mol. The number of sulfonamides is 1. The number of carbonyl (C=O) groups is 1. The number of rotatable bonds is 8. The molecular weight excluding hydrogens is 573 g/mol. The zero-order valence-electron chi connectivity index (χ0n) is 22.9. The van der Waals surface area contributed by atoms with Crippen molar-refractivity contribution >= 4 is 33.1 Å². The Bertz CT molecular complexity index is 1780. The number of amides is 1. The number of halogens is 2. The summed E-state index contributed by atoms with van der Waals surface area (Å²) >= 11 is 6.23. The van der Waals surface area contributed by atoms with Crippen LogP contribution in [0.1, 0.15) is 52.7 Å². The Hall–Kier alpha value is -4.20. The van der Waals surface area contributed by atoms with Crippen molar-refractivity contribution in [1.29, 1.82) is 0 Å². The van der Waals surface area contributed by atoms with Crippen LogP contribution in [0.3, 0.4) is 0 Å². The van der Waals surface area contributed by atoms with Crippen molar-refractivity contribution in [3.05, 3.63) is 148 Å². The molecule has 8 heteroatoms. The first kappa shape index (κ1) is 29.3. The van der Waals surface area contributed by atoms with Crippen molar-refractivity contribution in [1.82, 2.24) is 4.72 Å². The van der Waals surface area contributed by atoms with Gasteiger partial charge in [-0.3, -0.25) is 4.79 Å². The van der Waals surface area contributed by atoms with Crippen LogP contribution in [0.4, 0.5) is 4.39 Å². The molecule has 4 aromatic rings. The molecule has 0 aliphatic heterocycles. The van der Waals surface area contributed by atoms with Gasteiger partial charge in [-0.05, 0) is 73.4 Å². The lowest BCUT2D eigenvalue weighted by atomic mass is 9.83. The number of carbonyl (C=O) groups excluding carboxylic acids is 1. The Labute approximate surface area is 250 Å². The molecule has 0 bridgehead atoms. The van der Waals surface area contributed by atoms with E-state index in [2.05, 4.69) is 23.8 Å². The van der Waals surface area contributed by atoms with Crippen molar-refractivity contribution < 1.29 is 22.3 Å². The largest absolute Gasteiger partial charge is 0.488 e. The Morgan fingerprint density at radius 2 is 1.71 bits per heavy atom. The van der Waals surface area contributed by atoms with E-state index >= 15 is 0 Å². The fraction of sp³-hybridized carbons (Fsp3) is 0.147. The van der Waals surface area contributed by atoms with E-state index < -0.39 is 21.7 Å². The smallest absolute Gasteiger partial charge is 0.265 e. The number of nitrogens with one attached hydrogen (secondary N) is 1. The lowest BCUT2D eigenvalue weighted by Crippen LogP contribution is -2.30. The van der Waals surface area contributed by atoms with Gasteiger partial charge >= 0.3 is 0 Å². The number of hydrogen-bond acceptors (Lipinski definition) is 4. The van der Waals surface area contributed by atoms with Crippen LogP contribution in [0.5, 0.6) is 5.75 Å². The number of ether oxygens (including phenoxy) is 1. The van der Waals surface area contributed by atoms with Gasteiger partial charge in [0.25, 0.3) is 15.9 Å². The van der Waals surface area contributed by atoms with Gasteiger partial charge in [-0.1, -0.05) is 83.9 Å². The van der Waals surface area contributed by atoms with Crippen LogP contribution in [0, 0.1) is 5.82 Å². The summed E-state index contributed by atoms with van der Waals surface area (Å²) in [6.45, 7) is 2.24. The molecule has 1 N–H and O–H groups in total. The normalized spacial score (nSPS) is 15.3. The van der Waals surface area contributed by atoms with Crippen LogP contribution in [0.2, 0.25) is 5.02 Å². The molecule has 0 aromatic heterocycles. The highest BCUT2D eigenvalue weighted by Crippen LogP contribution is 2.42. The van der Waals surface area contributed by atoms with E-state index in [0.717, 1.165) is 29.5 Å². The maximum atomic E-state index is 13.5. The maximum Gasteiger partial charge on any atom is 0.265 e. The number of para-hydroxylation sites is 1. The average molecular weight is 602 g/mol. The van der Waals surface area contributed by atoms with Gasteiger partial charge in [0.05, 0.1) is 9.92 Å². The molecule has 214 valence electrons. The molecule has 42 heavy (non-hydrogen) atoms. The third-order valence-corrected chi connectivity index (χ3v) is 8.88. The lowest BCUT2D eigenvalue weighted by Gasteiger charge is -2.23. The molecule has 0 fully saturated rings. The standard InChI is InChI=1S/C34H29ClFNO4S/c1-23-14-18-29(24-8-7-9-25(20-24)34(38)37-42(39,40)28-10-3-2-4-11-28)30(19-15-23)31-12-5-6-13-33(31)41-22-26-16-17-27(36)21-32(26)35/h2-13,15-17,19-21,29H,14,18,22H2,1H3,(H,37,38). The number of benzene rings is 4. The molecule has 0 spiro atoms. The lowest BCUT2D eigenvalue weighted by molar-refractivity contribution is 0.0981. The van der Waals surface area contributed by atoms with Gasteiger partial charge in [0.15, 0.2) is 0 Å². The maximum absolute atomic E-state index is 13.5. The van der Waals surface area contributed by atoms with Gasteiger partial charge in [-0.2, -0.15) is 0 Å². The molecule has 5 rings (SSSR count). The highest BCUT2D eigenvalue weighted by atomic mass is 35.5. The zero-order chi connectivity index (χ0) is 29.7. The van der Waals surface area contributed by atoms with Crippen LogP contribution < -0.4 is 9.46 Å². The first-order valence-electron chi connectivity index (χ1n) is 13.5. The molecule has 1 atom stereocenters. The monoisotopic (exact) mass is 601 g/mol. The second kappa shape index (κ2) is 12.8. The van der Waals surface area contributed by atoms with Gasteiger partial charge in [-0.25, -0.2) is 17.5 Å². The molecule has 0 radical (unpaired) electrons. The van der Waals surface area contributed by atoms with E-state index in [4.69, 9.17) is 16.3 Å². The highest BCUT2D eigenvalue weighted by Gasteiger charge is 2.24. The minimum Gasteiger partial charge on any atom is -0.488 e. The fourth-order valence-electron chi connectivity index (χ4n) is 4.94. The van der Waals surface area contributed by atoms with Gasteiger partial charge in [-0.15, -0.1) is 0 Å². The molecule has 0 saturated heterocycles. The Kier molecular flexibility index (Phi) is 8.90. The second-order valence-electron chi connectivity index (χ2n) is 10.1. The number of hydrogen-bond donors (Lipinski definition) is 1. The summed E-state index contributed by atoms with van der Waals surface area (Å²) in [6.07, 6.45) is 5.79. The Balaban J connectivity index is 1.44. The van der Waals surface area contributed by atoms with E-state index in [1.165, 1.54) is 29.8 Å². The summed E-state index contributed by atoms with van der Waals surface area (Å²) in [5.74, 6) is -0.568. The first-order chi connectivity index (χ1) is 20.2. The predicted octanol–water partition coefficient (Wildman–Crippen LogP) is 8.08. The molecule has 1 amide bonds. The van der Waals surface area contributed by atoms with Gasteiger partial charge in [0.2, 0.25) is 0 Å². The highest BCUT2D eigenvalue weighted by molar-refractivity contribution is 7.90. The number of allylic oxidation sites excluding steroid dienone is 4. The topological polar surface area (TPSA) is 72.5 Å². The zero-order valence-corrected chi connectivity index (χ0v) is 24.5. The third kappa shape index (κ3) is 6.81. The minimum atomic E-state index is -4.02. The average Bonchev–Trinajstić information content (AvgIpc) is 3.18. The van der Waals surface area contributed by atoms with E-state index in [0.29, 0.717) is 16.3 Å². The Morgan fingerprint density at radius 3 is 2.50 bits per heavy atom. The summed E-state index contributed by atoms with van der Waals surface area (Å²) in [6, 6.07) is 26.8. The quantitative estimate of drug-likeness (QED) is 0.222. The van der Waals surface area contributed by atoms with Crippen LogP contribution in [0.25, 0.3) is 5.57 Å². The van der Waals surface area contributed by atoms with Crippen LogP contribution in [-0.4, -0.2) is 14.3 Å². The summed E-state index contributed by atoms with van der Waals surface area (Å²) in [5.41, 5.74) is 4.89. The molecule has 1 aliphatic carbocycles. The van der Waals surface area contributed by atoms with Crippen molar-refractivity contribution in [3.63, 3.8) is 0 Å². The summed E-state index contributed by atoms with van der Waals surface area (Å²) < 4.78 is 47.5. The molecule has 1 unspecified atom stereocenters. The van der Waals surface area contributed by atoms with Crippen molar-refractivity contribution in [2.75, 3.05) is 0 Å². The van der Waals surface area contributed by atoms with Gasteiger partial charge in [0.1, 0.15) is 18.2 Å². The van der Waals surface area contributed by atoms with E-state index in [1.54, 1.807) is 42.5 Å². The molecule has 5 nitrogen and oxygen atoms in total. The fourth-order valence-corrected chi connectivity index (χ4v) is 6.16. The van der Waals surface area contributed by atoms with Crippen LogP contribution in [0.15, 0.2) is 120 Å². The summed E-state index contributed by atoms with van der Waals surface area (Å²) in [5, 5.41) is 0.293. The van der Waals surface area contributed by atoms with E-state index in [-0.39, 0.29) is 23.0 Å². The van der Waals surface area contributed by atoms with Gasteiger partial charge < -0.3 is 4.74 Å². The first-order valence-corrected chi connectivity index (χ1v) is 15.3. The molecular formula is C34H29ClFNO4S. The molecule has 1 aliphatic rings. The molecule has 0 saturated carbocycles. The van der Waals surface area contributed by atoms with Crippen molar-refractivity contribution in [2.24, 2.45) is 0 Å².